The summed E-state index contributed by atoms with van der Waals surface area (Å²) in [5, 5.41) is 0.520. The lowest BCUT2D eigenvalue weighted by Gasteiger charge is -2.40. The number of piperidine rings is 1. The Morgan fingerprint density at radius 3 is 2.54 bits per heavy atom. The second-order valence-corrected chi connectivity index (χ2v) is 8.14. The molecule has 1 amide bonds. The van der Waals surface area contributed by atoms with Crippen molar-refractivity contribution < 1.29 is 14.3 Å². The lowest BCUT2D eigenvalue weighted by atomic mass is 9.76. The van der Waals surface area contributed by atoms with Gasteiger partial charge in [-0.05, 0) is 57.1 Å². The van der Waals surface area contributed by atoms with E-state index in [1.807, 2.05) is 26.8 Å². The summed E-state index contributed by atoms with van der Waals surface area (Å²) in [6, 6.07) is 1.95. The largest absolute Gasteiger partial charge is 0.495 e. The van der Waals surface area contributed by atoms with Crippen molar-refractivity contribution in [2.24, 2.45) is 5.41 Å². The zero-order valence-electron chi connectivity index (χ0n) is 15.2. The number of carbonyl (C=O) groups excluding carboxylic acids is 1. The maximum atomic E-state index is 12.2. The van der Waals surface area contributed by atoms with Gasteiger partial charge in [0.15, 0.2) is 0 Å². The zero-order valence-corrected chi connectivity index (χ0v) is 15.9. The van der Waals surface area contributed by atoms with Gasteiger partial charge in [0.1, 0.15) is 16.5 Å². The third kappa shape index (κ3) is 5.00. The number of amides is 1. The molecule has 0 spiro atoms. The van der Waals surface area contributed by atoms with Crippen molar-refractivity contribution in [2.75, 3.05) is 20.2 Å². The van der Waals surface area contributed by atoms with Crippen molar-refractivity contribution in [1.29, 1.82) is 0 Å². The van der Waals surface area contributed by atoms with E-state index in [0.29, 0.717) is 24.0 Å². The molecule has 0 radical (unpaired) electrons. The lowest BCUT2D eigenvalue weighted by molar-refractivity contribution is 0.0119. The van der Waals surface area contributed by atoms with E-state index < -0.39 is 5.60 Å². The molecule has 2 heterocycles. The van der Waals surface area contributed by atoms with Crippen LogP contribution in [0.25, 0.3) is 0 Å². The third-order valence-electron chi connectivity index (χ3n) is 4.36. The van der Waals surface area contributed by atoms with Gasteiger partial charge in [0.25, 0.3) is 0 Å². The molecule has 5 nitrogen and oxygen atoms in total. The molecule has 1 aliphatic heterocycles. The highest BCUT2D eigenvalue weighted by atomic mass is 35.5. The monoisotopic (exact) mass is 354 g/mol. The second-order valence-electron chi connectivity index (χ2n) is 7.78. The second kappa shape index (κ2) is 7.18. The first-order valence-electron chi connectivity index (χ1n) is 8.28. The maximum absolute atomic E-state index is 12.2. The predicted octanol–water partition coefficient (Wildman–Crippen LogP) is 4.32. The van der Waals surface area contributed by atoms with Gasteiger partial charge in [-0.3, -0.25) is 0 Å². The van der Waals surface area contributed by atoms with Crippen LogP contribution in [0.5, 0.6) is 5.75 Å². The van der Waals surface area contributed by atoms with Gasteiger partial charge >= 0.3 is 6.09 Å². The highest BCUT2D eigenvalue weighted by Gasteiger charge is 2.34. The van der Waals surface area contributed by atoms with E-state index in [2.05, 4.69) is 11.9 Å². The molecule has 0 atom stereocenters. The van der Waals surface area contributed by atoms with Crippen molar-refractivity contribution in [2.45, 2.75) is 52.6 Å². The Balaban J connectivity index is 1.98. The standard InChI is InChI=1S/C18H27ClN2O3/c1-17(2,3)24-16(22)21-8-6-18(4,7-9-21)11-13-10-14(23-5)12-20-15(13)19/h10,12H,6-9,11H2,1-5H3. The van der Waals surface area contributed by atoms with Crippen molar-refractivity contribution in [3.63, 3.8) is 0 Å². The number of hydrogen-bond acceptors (Lipinski definition) is 4. The fraction of sp³-hybridized carbons (Fsp3) is 0.667. The Kier molecular flexibility index (Phi) is 5.63. The van der Waals surface area contributed by atoms with Crippen molar-refractivity contribution >= 4 is 17.7 Å². The van der Waals surface area contributed by atoms with Crippen LogP contribution in [0.3, 0.4) is 0 Å². The number of hydrogen-bond donors (Lipinski definition) is 0. The SMILES string of the molecule is COc1cnc(Cl)c(CC2(C)CCN(C(=O)OC(C)(C)C)CC2)c1. The number of aromatic nitrogens is 1. The summed E-state index contributed by atoms with van der Waals surface area (Å²) in [5.74, 6) is 0.712. The van der Waals surface area contributed by atoms with Crippen LogP contribution in [0, 0.1) is 5.41 Å². The van der Waals surface area contributed by atoms with E-state index in [4.69, 9.17) is 21.1 Å². The van der Waals surface area contributed by atoms with Gasteiger partial charge in [0, 0.05) is 13.1 Å². The molecule has 0 saturated carbocycles. The van der Waals surface area contributed by atoms with Crippen LogP contribution in [-0.2, 0) is 11.2 Å². The van der Waals surface area contributed by atoms with Gasteiger partial charge in [-0.15, -0.1) is 0 Å². The summed E-state index contributed by atoms with van der Waals surface area (Å²) in [7, 11) is 1.62. The van der Waals surface area contributed by atoms with Gasteiger partial charge in [-0.2, -0.15) is 0 Å². The molecule has 1 fully saturated rings. The van der Waals surface area contributed by atoms with Crippen LogP contribution in [-0.4, -0.2) is 41.8 Å². The molecule has 2 rings (SSSR count). The molecule has 1 aromatic rings. The number of likely N-dealkylation sites (tertiary alicyclic amines) is 1. The summed E-state index contributed by atoms with van der Waals surface area (Å²) < 4.78 is 10.7. The van der Waals surface area contributed by atoms with Crippen molar-refractivity contribution in [3.05, 3.63) is 23.0 Å². The van der Waals surface area contributed by atoms with Gasteiger partial charge in [0.2, 0.25) is 0 Å². The normalized spacial score (nSPS) is 17.5. The fourth-order valence-corrected chi connectivity index (χ4v) is 3.07. The topological polar surface area (TPSA) is 51.7 Å². The molecular weight excluding hydrogens is 328 g/mol. The molecular formula is C18H27ClN2O3. The highest BCUT2D eigenvalue weighted by Crippen LogP contribution is 2.37. The van der Waals surface area contributed by atoms with Gasteiger partial charge in [0.05, 0.1) is 13.3 Å². The molecule has 0 N–H and O–H groups in total. The summed E-state index contributed by atoms with van der Waals surface area (Å²) in [6.07, 6.45) is 4.02. The van der Waals surface area contributed by atoms with Gasteiger partial charge in [-0.1, -0.05) is 18.5 Å². The van der Waals surface area contributed by atoms with E-state index in [1.54, 1.807) is 18.2 Å². The van der Waals surface area contributed by atoms with E-state index in [9.17, 15) is 4.79 Å². The minimum atomic E-state index is -0.461. The van der Waals surface area contributed by atoms with E-state index >= 15 is 0 Å². The zero-order chi connectivity index (χ0) is 18.0. The Morgan fingerprint density at radius 2 is 2.00 bits per heavy atom. The summed E-state index contributed by atoms with van der Waals surface area (Å²) in [4.78, 5) is 18.2. The molecule has 134 valence electrons. The van der Waals surface area contributed by atoms with Crippen LogP contribution in [0.2, 0.25) is 5.15 Å². The molecule has 6 heteroatoms. The number of rotatable bonds is 3. The van der Waals surface area contributed by atoms with E-state index in [0.717, 1.165) is 24.8 Å². The number of nitrogens with zero attached hydrogens (tertiary/aromatic N) is 2. The highest BCUT2D eigenvalue weighted by molar-refractivity contribution is 6.30. The Hall–Kier alpha value is -1.49. The number of carbonyl (C=O) groups is 1. The molecule has 1 aliphatic rings. The van der Waals surface area contributed by atoms with Crippen LogP contribution in [0.1, 0.15) is 46.1 Å². The Morgan fingerprint density at radius 1 is 1.38 bits per heavy atom. The van der Waals surface area contributed by atoms with Gasteiger partial charge in [-0.25, -0.2) is 9.78 Å². The molecule has 0 unspecified atom stereocenters. The number of methoxy groups -OCH3 is 1. The average Bonchev–Trinajstić information content (AvgIpc) is 2.48. The number of halogens is 1. The smallest absolute Gasteiger partial charge is 0.410 e. The minimum Gasteiger partial charge on any atom is -0.495 e. The van der Waals surface area contributed by atoms with E-state index in [-0.39, 0.29) is 11.5 Å². The maximum Gasteiger partial charge on any atom is 0.410 e. The first kappa shape index (κ1) is 18.8. The van der Waals surface area contributed by atoms with Crippen LogP contribution in [0.15, 0.2) is 12.3 Å². The Bertz CT molecular complexity index is 590. The quantitative estimate of drug-likeness (QED) is 0.758. The minimum absolute atomic E-state index is 0.0796. The van der Waals surface area contributed by atoms with Crippen LogP contribution in [0.4, 0.5) is 4.79 Å². The van der Waals surface area contributed by atoms with Crippen molar-refractivity contribution in [1.82, 2.24) is 9.88 Å². The average molecular weight is 355 g/mol. The molecule has 1 aromatic heterocycles. The van der Waals surface area contributed by atoms with Crippen LogP contribution >= 0.6 is 11.6 Å². The Labute approximate surface area is 149 Å². The lowest BCUT2D eigenvalue weighted by Crippen LogP contribution is -2.45. The molecule has 0 aliphatic carbocycles. The molecule has 1 saturated heterocycles. The summed E-state index contributed by atoms with van der Waals surface area (Å²) >= 11 is 6.23. The van der Waals surface area contributed by atoms with E-state index in [1.165, 1.54) is 0 Å². The van der Waals surface area contributed by atoms with Gasteiger partial charge < -0.3 is 14.4 Å². The van der Waals surface area contributed by atoms with Crippen molar-refractivity contribution in [3.8, 4) is 5.75 Å². The summed E-state index contributed by atoms with van der Waals surface area (Å²) in [6.45, 7) is 9.28. The predicted molar refractivity (Wildman–Crippen MR) is 94.7 cm³/mol. The molecule has 24 heavy (non-hydrogen) atoms. The number of ether oxygens (including phenoxy) is 2. The molecule has 0 aromatic carbocycles. The number of pyridine rings is 1. The fourth-order valence-electron chi connectivity index (χ4n) is 2.90. The molecule has 0 bridgehead atoms. The first-order valence-corrected chi connectivity index (χ1v) is 8.66. The third-order valence-corrected chi connectivity index (χ3v) is 4.70. The van der Waals surface area contributed by atoms with Crippen LogP contribution < -0.4 is 4.74 Å². The summed E-state index contributed by atoms with van der Waals surface area (Å²) in [5.41, 5.74) is 0.609. The first-order chi connectivity index (χ1) is 11.1.